The third kappa shape index (κ3) is 6.22. The van der Waals surface area contributed by atoms with Crippen LogP contribution in [0.3, 0.4) is 0 Å². The van der Waals surface area contributed by atoms with E-state index in [0.29, 0.717) is 5.88 Å². The average Bonchev–Trinajstić information content (AvgIpc) is 2.48. The van der Waals surface area contributed by atoms with Crippen molar-refractivity contribution in [3.63, 3.8) is 0 Å². The van der Waals surface area contributed by atoms with Crippen molar-refractivity contribution in [3.8, 4) is 5.75 Å². The number of hydrogen-bond donors (Lipinski definition) is 3. The largest absolute Gasteiger partial charge is 0.505 e. The molecule has 0 bridgehead atoms. The van der Waals surface area contributed by atoms with Crippen molar-refractivity contribution in [3.05, 3.63) is 23.8 Å². The molecular weight excluding hydrogens is 310 g/mol. The van der Waals surface area contributed by atoms with Gasteiger partial charge in [-0.3, -0.25) is 5.32 Å². The number of rotatable bonds is 9. The summed E-state index contributed by atoms with van der Waals surface area (Å²) in [5.74, 6) is -1.10. The lowest BCUT2D eigenvalue weighted by Crippen LogP contribution is -2.15. The van der Waals surface area contributed by atoms with E-state index in [0.717, 1.165) is 32.1 Å². The van der Waals surface area contributed by atoms with Crippen molar-refractivity contribution in [2.75, 3.05) is 17.8 Å². The van der Waals surface area contributed by atoms with Gasteiger partial charge in [-0.2, -0.15) is 0 Å². The second-order valence-corrected chi connectivity index (χ2v) is 5.10. The smallest absolute Gasteiger partial charge is 0.411 e. The highest BCUT2D eigenvalue weighted by atomic mass is 35.5. The monoisotopic (exact) mass is 329 g/mol. The molecule has 0 spiro atoms. The summed E-state index contributed by atoms with van der Waals surface area (Å²) in [6, 6.07) is 4.07. The second-order valence-electron chi connectivity index (χ2n) is 4.72. The second kappa shape index (κ2) is 9.89. The van der Waals surface area contributed by atoms with E-state index in [-0.39, 0.29) is 17.9 Å². The van der Waals surface area contributed by atoms with E-state index in [1.807, 2.05) is 0 Å². The molecule has 1 aromatic carbocycles. The molecule has 1 aromatic rings. The van der Waals surface area contributed by atoms with Crippen LogP contribution >= 0.6 is 11.6 Å². The summed E-state index contributed by atoms with van der Waals surface area (Å²) in [5.41, 5.74) is -0.274. The zero-order chi connectivity index (χ0) is 16.4. The molecular formula is C15H20ClNO5. The first-order valence-electron chi connectivity index (χ1n) is 7.11. The molecule has 0 saturated carbocycles. The Morgan fingerprint density at radius 2 is 1.82 bits per heavy atom. The van der Waals surface area contributed by atoms with E-state index in [1.165, 1.54) is 18.2 Å². The van der Waals surface area contributed by atoms with E-state index >= 15 is 0 Å². The molecule has 1 rings (SSSR count). The highest BCUT2D eigenvalue weighted by Gasteiger charge is 2.14. The molecule has 7 heteroatoms. The van der Waals surface area contributed by atoms with Gasteiger partial charge < -0.3 is 14.9 Å². The maximum atomic E-state index is 11.6. The molecule has 0 aliphatic heterocycles. The maximum absolute atomic E-state index is 11.6. The lowest BCUT2D eigenvalue weighted by atomic mass is 10.1. The van der Waals surface area contributed by atoms with Crippen LogP contribution in [-0.2, 0) is 4.74 Å². The van der Waals surface area contributed by atoms with Crippen LogP contribution in [0.1, 0.15) is 42.5 Å². The first kappa shape index (κ1) is 18.1. The minimum atomic E-state index is -1.27. The molecule has 0 aromatic heterocycles. The number of halogens is 1. The van der Waals surface area contributed by atoms with E-state index in [2.05, 4.69) is 5.32 Å². The maximum Gasteiger partial charge on any atom is 0.411 e. The van der Waals surface area contributed by atoms with Gasteiger partial charge in [-0.1, -0.05) is 25.3 Å². The van der Waals surface area contributed by atoms with Crippen LogP contribution in [0.15, 0.2) is 18.2 Å². The number of amides is 1. The van der Waals surface area contributed by atoms with Crippen LogP contribution in [0.5, 0.6) is 5.75 Å². The van der Waals surface area contributed by atoms with Crippen molar-refractivity contribution < 1.29 is 24.5 Å². The molecule has 6 nitrogen and oxygen atoms in total. The fourth-order valence-corrected chi connectivity index (χ4v) is 2.04. The summed E-state index contributed by atoms with van der Waals surface area (Å²) in [5, 5.41) is 20.9. The molecule has 122 valence electrons. The number of aromatic hydroxyl groups is 1. The Balaban J connectivity index is 2.34. The molecule has 0 saturated heterocycles. The fourth-order valence-electron chi connectivity index (χ4n) is 1.85. The van der Waals surface area contributed by atoms with Crippen molar-refractivity contribution in [2.24, 2.45) is 0 Å². The standard InChI is InChI=1S/C15H20ClNO5/c16-9-4-2-1-3-5-10-22-15(21)17-12-8-6-7-11(13(12)18)14(19)20/h6-8,18H,1-5,9-10H2,(H,17,21)(H,19,20). The van der Waals surface area contributed by atoms with Gasteiger partial charge in [0.15, 0.2) is 5.75 Å². The molecule has 22 heavy (non-hydrogen) atoms. The Labute approximate surface area is 134 Å². The van der Waals surface area contributed by atoms with Gasteiger partial charge in [0.2, 0.25) is 0 Å². The number of unbranched alkanes of at least 4 members (excludes halogenated alkanes) is 4. The zero-order valence-corrected chi connectivity index (χ0v) is 12.9. The van der Waals surface area contributed by atoms with E-state index in [1.54, 1.807) is 0 Å². The van der Waals surface area contributed by atoms with Gasteiger partial charge in [0.05, 0.1) is 12.3 Å². The molecule has 1 amide bonds. The topological polar surface area (TPSA) is 95.9 Å². The first-order valence-corrected chi connectivity index (χ1v) is 7.64. The summed E-state index contributed by atoms with van der Waals surface area (Å²) in [6.45, 7) is 0.270. The van der Waals surface area contributed by atoms with E-state index in [9.17, 15) is 14.7 Å². The van der Waals surface area contributed by atoms with Crippen LogP contribution < -0.4 is 5.32 Å². The van der Waals surface area contributed by atoms with Gasteiger partial charge in [-0.15, -0.1) is 11.6 Å². The Hall–Kier alpha value is -1.95. The lowest BCUT2D eigenvalue weighted by molar-refractivity contribution is 0.0693. The molecule has 0 aliphatic rings. The van der Waals surface area contributed by atoms with Gasteiger partial charge >= 0.3 is 12.1 Å². The Bertz CT molecular complexity index is 507. The molecule has 0 aliphatic carbocycles. The van der Waals surface area contributed by atoms with E-state index < -0.39 is 17.8 Å². The Kier molecular flexibility index (Phi) is 8.14. The average molecular weight is 330 g/mol. The van der Waals surface area contributed by atoms with Gasteiger partial charge in [-0.25, -0.2) is 9.59 Å². The number of nitrogens with one attached hydrogen (secondary N) is 1. The highest BCUT2D eigenvalue weighted by Crippen LogP contribution is 2.27. The molecule has 0 fully saturated rings. The number of carbonyl (C=O) groups is 2. The fraction of sp³-hybridized carbons (Fsp3) is 0.467. The van der Waals surface area contributed by atoms with Gasteiger partial charge in [-0.05, 0) is 25.0 Å². The predicted octanol–water partition coefficient (Wildman–Crippen LogP) is 3.83. The van der Waals surface area contributed by atoms with Crippen molar-refractivity contribution in [1.29, 1.82) is 0 Å². The summed E-state index contributed by atoms with van der Waals surface area (Å²) < 4.78 is 4.97. The number of alkyl halides is 1. The Morgan fingerprint density at radius 3 is 2.50 bits per heavy atom. The lowest BCUT2D eigenvalue weighted by Gasteiger charge is -2.09. The van der Waals surface area contributed by atoms with Gasteiger partial charge in [0.1, 0.15) is 5.56 Å². The van der Waals surface area contributed by atoms with Gasteiger partial charge in [0, 0.05) is 5.88 Å². The number of para-hydroxylation sites is 1. The minimum absolute atomic E-state index is 0.00649. The van der Waals surface area contributed by atoms with Crippen molar-refractivity contribution in [2.45, 2.75) is 32.1 Å². The third-order valence-corrected chi connectivity index (χ3v) is 3.28. The number of carbonyl (C=O) groups excluding carboxylic acids is 1. The van der Waals surface area contributed by atoms with Crippen LogP contribution in [0.4, 0.5) is 10.5 Å². The first-order chi connectivity index (χ1) is 10.6. The number of carboxylic acids is 1. The van der Waals surface area contributed by atoms with Crippen molar-refractivity contribution in [1.82, 2.24) is 0 Å². The third-order valence-electron chi connectivity index (χ3n) is 3.01. The quantitative estimate of drug-likeness (QED) is 0.363. The van der Waals surface area contributed by atoms with Crippen LogP contribution in [0, 0.1) is 0 Å². The number of benzene rings is 1. The van der Waals surface area contributed by atoms with Crippen molar-refractivity contribution >= 4 is 29.4 Å². The number of aromatic carboxylic acids is 1. The van der Waals surface area contributed by atoms with Crippen LogP contribution in [-0.4, -0.2) is 34.8 Å². The minimum Gasteiger partial charge on any atom is -0.505 e. The molecule has 0 radical (unpaired) electrons. The number of carboxylic acid groups (broad SMARTS) is 1. The van der Waals surface area contributed by atoms with Crippen LogP contribution in [0.2, 0.25) is 0 Å². The summed E-state index contributed by atoms with van der Waals surface area (Å²) >= 11 is 5.57. The molecule has 0 heterocycles. The number of ether oxygens (including phenoxy) is 1. The summed E-state index contributed by atoms with van der Waals surface area (Å²) in [6.07, 6.45) is 4.06. The highest BCUT2D eigenvalue weighted by molar-refractivity contribution is 6.17. The van der Waals surface area contributed by atoms with Gasteiger partial charge in [0.25, 0.3) is 0 Å². The molecule has 0 unspecified atom stereocenters. The normalized spacial score (nSPS) is 10.2. The Morgan fingerprint density at radius 1 is 1.14 bits per heavy atom. The molecule has 3 N–H and O–H groups in total. The molecule has 0 atom stereocenters. The SMILES string of the molecule is O=C(Nc1cccc(C(=O)O)c1O)OCCCCCCCCl. The summed E-state index contributed by atoms with van der Waals surface area (Å²) in [4.78, 5) is 22.4. The predicted molar refractivity (Wildman–Crippen MR) is 83.8 cm³/mol. The van der Waals surface area contributed by atoms with E-state index in [4.69, 9.17) is 21.4 Å². The number of anilines is 1. The number of phenols is 1. The summed E-state index contributed by atoms with van der Waals surface area (Å²) in [7, 11) is 0. The zero-order valence-electron chi connectivity index (χ0n) is 12.2. The van der Waals surface area contributed by atoms with Crippen LogP contribution in [0.25, 0.3) is 0 Å². The number of hydrogen-bond acceptors (Lipinski definition) is 4.